The molecule has 3 N–H and O–H groups in total. The lowest BCUT2D eigenvalue weighted by Gasteiger charge is -2.29. The zero-order valence-electron chi connectivity index (χ0n) is 29.1. The van der Waals surface area contributed by atoms with Gasteiger partial charge in [0.2, 0.25) is 27.7 Å². The molecule has 8 rings (SSSR count). The molecule has 5 aliphatic rings. The highest BCUT2D eigenvalue weighted by atomic mass is 32.2. The summed E-state index contributed by atoms with van der Waals surface area (Å²) in [5.41, 5.74) is 0.334. The normalized spacial score (nSPS) is 28.4. The number of ether oxygens (including phenoxy) is 2. The summed E-state index contributed by atoms with van der Waals surface area (Å²) in [4.78, 5) is 67.3. The van der Waals surface area contributed by atoms with E-state index in [1.165, 1.54) is 16.2 Å². The predicted molar refractivity (Wildman–Crippen MR) is 195 cm³/mol. The molecule has 0 spiro atoms. The van der Waals surface area contributed by atoms with Gasteiger partial charge in [0, 0.05) is 12.3 Å². The summed E-state index contributed by atoms with van der Waals surface area (Å²) < 4.78 is 39.9. The van der Waals surface area contributed by atoms with Gasteiger partial charge in [0.15, 0.2) is 0 Å². The number of nitrogens with zero attached hydrogens (tertiary/aromatic N) is 3. The van der Waals surface area contributed by atoms with Crippen LogP contribution in [0.4, 0.5) is 4.79 Å². The second-order valence-electron chi connectivity index (χ2n) is 14.6. The molecule has 2 aromatic heterocycles. The monoisotopic (exact) mass is 762 g/mol. The van der Waals surface area contributed by atoms with E-state index in [1.54, 1.807) is 0 Å². The van der Waals surface area contributed by atoms with E-state index < -0.39 is 68.7 Å². The van der Waals surface area contributed by atoms with Gasteiger partial charge >= 0.3 is 6.09 Å². The number of allylic oxidation sites excluding steroid dienone is 1. The van der Waals surface area contributed by atoms with E-state index in [9.17, 15) is 27.6 Å². The van der Waals surface area contributed by atoms with Gasteiger partial charge in [-0.05, 0) is 74.9 Å². The Hall–Kier alpha value is -4.57. The maximum absolute atomic E-state index is 14.5. The summed E-state index contributed by atoms with van der Waals surface area (Å²) in [5.74, 6) is -2.03. The molecule has 280 valence electrons. The standard InChI is InChI=1S/C37H42N6O8S2/c44-32-29-19-24(50-33-31(30-13-8-18-52-30)38-26-10-6-7-11-27(26)39-33)21-43(29)34(45)28(40-36(47)51-23-14-15-23)12-5-3-1-2-4-9-22-20-37(22,41-32)35(46)42-53(48,49)25-16-17-25/h4,6-11,13,18,22-25,28-29H,1-3,5,12,14-17,19-21H2,(H,40,47)(H,41,44)(H,42,46)/b9-4-/t22?,24-,28+,29+,37-/m1/s1. The number of sulfonamides is 1. The van der Waals surface area contributed by atoms with Crippen molar-refractivity contribution < 1.29 is 37.1 Å². The van der Waals surface area contributed by atoms with E-state index in [-0.39, 0.29) is 31.4 Å². The highest BCUT2D eigenvalue weighted by Gasteiger charge is 2.62. The summed E-state index contributed by atoms with van der Waals surface area (Å²) in [7, 11) is -3.89. The van der Waals surface area contributed by atoms with Gasteiger partial charge in [0.25, 0.3) is 5.91 Å². The van der Waals surface area contributed by atoms with E-state index >= 15 is 0 Å². The van der Waals surface area contributed by atoms with Crippen LogP contribution in [-0.2, 0) is 29.1 Å². The number of amides is 4. The van der Waals surface area contributed by atoms with Gasteiger partial charge in [0.05, 0.1) is 27.7 Å². The van der Waals surface area contributed by atoms with Crippen LogP contribution in [0, 0.1) is 5.92 Å². The number of aromatic nitrogens is 2. The van der Waals surface area contributed by atoms with Gasteiger partial charge in [-0.1, -0.05) is 43.2 Å². The average Bonchev–Trinajstić information content (AvgIpc) is 4.10. The zero-order chi connectivity index (χ0) is 36.7. The van der Waals surface area contributed by atoms with Gasteiger partial charge < -0.3 is 25.0 Å². The fraction of sp³-hybridized carbons (Fsp3) is 0.514. The van der Waals surface area contributed by atoms with Gasteiger partial charge in [-0.15, -0.1) is 11.3 Å². The number of rotatable bonds is 8. The predicted octanol–water partition coefficient (Wildman–Crippen LogP) is 3.97. The molecular weight excluding hydrogens is 721 g/mol. The molecule has 4 amide bonds. The van der Waals surface area contributed by atoms with Crippen molar-refractivity contribution in [2.24, 2.45) is 5.92 Å². The zero-order valence-corrected chi connectivity index (χ0v) is 30.7. The Morgan fingerprint density at radius 1 is 0.962 bits per heavy atom. The molecule has 1 aromatic carbocycles. The Bertz CT molecular complexity index is 2050. The smallest absolute Gasteiger partial charge is 0.408 e. The molecule has 5 atom stereocenters. The number of thiophene rings is 1. The topological polar surface area (TPSA) is 186 Å². The van der Waals surface area contributed by atoms with Crippen LogP contribution in [0.15, 0.2) is 53.9 Å². The quantitative estimate of drug-likeness (QED) is 0.284. The van der Waals surface area contributed by atoms with Crippen molar-refractivity contribution in [3.63, 3.8) is 0 Å². The van der Waals surface area contributed by atoms with Crippen LogP contribution in [0.5, 0.6) is 5.88 Å². The number of nitrogens with one attached hydrogen (secondary N) is 3. The van der Waals surface area contributed by atoms with Crippen LogP contribution in [-0.4, -0.2) is 88.7 Å². The van der Waals surface area contributed by atoms with E-state index in [0.29, 0.717) is 48.8 Å². The maximum atomic E-state index is 14.5. The largest absolute Gasteiger partial charge is 0.471 e. The molecule has 3 aromatic rings. The van der Waals surface area contributed by atoms with Crippen LogP contribution in [0.1, 0.15) is 70.6 Å². The second kappa shape index (κ2) is 14.3. The second-order valence-corrected chi connectivity index (χ2v) is 17.5. The van der Waals surface area contributed by atoms with Crippen LogP contribution >= 0.6 is 11.3 Å². The molecule has 4 fully saturated rings. The third kappa shape index (κ3) is 7.74. The Kier molecular flexibility index (Phi) is 9.60. The summed E-state index contributed by atoms with van der Waals surface area (Å²) in [5, 5.41) is 6.96. The van der Waals surface area contributed by atoms with E-state index in [2.05, 4.69) is 15.4 Å². The van der Waals surface area contributed by atoms with Crippen molar-refractivity contribution in [3.8, 4) is 16.5 Å². The first-order valence-corrected chi connectivity index (χ1v) is 20.8. The lowest BCUT2D eigenvalue weighted by Crippen LogP contribution is -2.58. The molecule has 0 bridgehead atoms. The van der Waals surface area contributed by atoms with Crippen molar-refractivity contribution in [2.45, 2.75) is 106 Å². The average molecular weight is 763 g/mol. The summed E-state index contributed by atoms with van der Waals surface area (Å²) in [6, 6.07) is 9.17. The number of carbonyl (C=O) groups is 4. The molecule has 1 saturated heterocycles. The Morgan fingerprint density at radius 2 is 1.75 bits per heavy atom. The first kappa shape index (κ1) is 35.5. The SMILES string of the molecule is O=C(N[C@H]1CCCCC/C=C\C2C[C@@]2(C(=O)NS(=O)(=O)C2CC2)NC(=O)[C@@H]2C[C@@H](Oc3nc4ccccc4nc3-c3cccs3)CN2C1=O)OC1CC1. The van der Waals surface area contributed by atoms with Crippen LogP contribution in [0.25, 0.3) is 21.6 Å². The maximum Gasteiger partial charge on any atom is 0.408 e. The van der Waals surface area contributed by atoms with E-state index in [1.807, 2.05) is 53.9 Å². The minimum Gasteiger partial charge on any atom is -0.471 e. The molecule has 3 saturated carbocycles. The Morgan fingerprint density at radius 3 is 2.49 bits per heavy atom. The highest BCUT2D eigenvalue weighted by Crippen LogP contribution is 2.46. The number of benzene rings is 1. The van der Waals surface area contributed by atoms with E-state index in [0.717, 1.165) is 30.6 Å². The summed E-state index contributed by atoms with van der Waals surface area (Å²) in [6.45, 7) is -0.0102. The first-order valence-electron chi connectivity index (χ1n) is 18.4. The molecule has 4 heterocycles. The van der Waals surface area contributed by atoms with Crippen molar-refractivity contribution in [2.75, 3.05) is 6.54 Å². The Balaban J connectivity index is 1.11. The summed E-state index contributed by atoms with van der Waals surface area (Å²) in [6.07, 6.45) is 8.31. The fourth-order valence-electron chi connectivity index (χ4n) is 7.16. The van der Waals surface area contributed by atoms with Crippen molar-refractivity contribution in [1.29, 1.82) is 0 Å². The van der Waals surface area contributed by atoms with Crippen molar-refractivity contribution >= 4 is 56.2 Å². The number of para-hydroxylation sites is 2. The molecule has 1 unspecified atom stereocenters. The lowest BCUT2D eigenvalue weighted by atomic mass is 10.1. The molecule has 53 heavy (non-hydrogen) atoms. The number of fused-ring (bicyclic) bond motifs is 3. The van der Waals surface area contributed by atoms with E-state index in [4.69, 9.17) is 19.4 Å². The third-order valence-corrected chi connectivity index (χ3v) is 13.2. The van der Waals surface area contributed by atoms with Crippen molar-refractivity contribution in [1.82, 2.24) is 30.2 Å². The number of hydrogen-bond donors (Lipinski definition) is 3. The van der Waals surface area contributed by atoms with Gasteiger partial charge in [-0.25, -0.2) is 23.2 Å². The minimum atomic E-state index is -3.89. The molecule has 16 heteroatoms. The summed E-state index contributed by atoms with van der Waals surface area (Å²) >= 11 is 1.48. The molecule has 0 radical (unpaired) electrons. The van der Waals surface area contributed by atoms with Crippen LogP contribution in [0.3, 0.4) is 0 Å². The fourth-order valence-corrected chi connectivity index (χ4v) is 9.23. The van der Waals surface area contributed by atoms with Gasteiger partial charge in [-0.2, -0.15) is 0 Å². The van der Waals surface area contributed by atoms with Gasteiger partial charge in [0.1, 0.15) is 35.5 Å². The molecular formula is C37H42N6O8S2. The first-order chi connectivity index (χ1) is 25.6. The molecule has 2 aliphatic heterocycles. The van der Waals surface area contributed by atoms with Gasteiger partial charge in [-0.3, -0.25) is 19.1 Å². The third-order valence-electron chi connectivity index (χ3n) is 10.5. The molecule has 14 nitrogen and oxygen atoms in total. The number of carbonyl (C=O) groups excluding carboxylic acids is 4. The minimum absolute atomic E-state index is 0.0102. The number of alkyl carbamates (subject to hydrolysis) is 1. The lowest BCUT2D eigenvalue weighted by molar-refractivity contribution is -0.141. The Labute approximate surface area is 311 Å². The number of hydrogen-bond acceptors (Lipinski definition) is 11. The highest BCUT2D eigenvalue weighted by molar-refractivity contribution is 7.91. The molecule has 3 aliphatic carbocycles. The van der Waals surface area contributed by atoms with Crippen LogP contribution < -0.4 is 20.1 Å². The van der Waals surface area contributed by atoms with Crippen molar-refractivity contribution in [3.05, 3.63) is 53.9 Å². The van der Waals surface area contributed by atoms with Crippen LogP contribution in [0.2, 0.25) is 0 Å².